The first kappa shape index (κ1) is 8.51. The molecule has 1 aromatic rings. The maximum absolute atomic E-state index is 5.52. The number of aromatic nitrogens is 1. The number of rotatable bonds is 2. The molecule has 0 bridgehead atoms. The fourth-order valence-electron chi connectivity index (χ4n) is 1.70. The molecule has 0 aliphatic carbocycles. The Morgan fingerprint density at radius 2 is 2.31 bits per heavy atom. The minimum atomic E-state index is 0.607. The molecule has 0 spiro atoms. The van der Waals surface area contributed by atoms with E-state index < -0.39 is 0 Å². The van der Waals surface area contributed by atoms with Crippen LogP contribution in [0.1, 0.15) is 18.4 Å². The predicted octanol–water partition coefficient (Wildman–Crippen LogP) is 1.08. The van der Waals surface area contributed by atoms with Crippen LogP contribution < -0.4 is 5.73 Å². The molecule has 3 heteroatoms. The zero-order chi connectivity index (χ0) is 9.26. The molecule has 2 rings (SSSR count). The van der Waals surface area contributed by atoms with Gasteiger partial charge >= 0.3 is 0 Å². The Kier molecular flexibility index (Phi) is 2.19. The second-order valence-electron chi connectivity index (χ2n) is 3.57. The van der Waals surface area contributed by atoms with E-state index in [0.29, 0.717) is 11.7 Å². The molecule has 2 heterocycles. The monoisotopic (exact) mass is 177 g/mol. The van der Waals surface area contributed by atoms with Crippen molar-refractivity contribution >= 4 is 5.82 Å². The third-order valence-electron chi connectivity index (χ3n) is 2.69. The summed E-state index contributed by atoms with van der Waals surface area (Å²) in [6.07, 6.45) is 1.90. The van der Waals surface area contributed by atoms with Gasteiger partial charge in [0.05, 0.1) is 0 Å². The van der Waals surface area contributed by atoms with Gasteiger partial charge in [-0.1, -0.05) is 13.0 Å². The molecule has 2 N–H and O–H groups in total. The standard InChI is InChI=1S/C10H15N3/c1-2-13-6-9(7-13)8-3-4-10(11)12-5-8/h3-5,9H,2,6-7H2,1H3,(H2,11,12). The Morgan fingerprint density at radius 3 is 2.85 bits per heavy atom. The molecular weight excluding hydrogens is 162 g/mol. The summed E-state index contributed by atoms with van der Waals surface area (Å²) < 4.78 is 0. The summed E-state index contributed by atoms with van der Waals surface area (Å²) in [5.41, 5.74) is 6.84. The van der Waals surface area contributed by atoms with E-state index >= 15 is 0 Å². The molecule has 1 aromatic heterocycles. The molecule has 0 radical (unpaired) electrons. The molecule has 1 fully saturated rings. The molecule has 70 valence electrons. The third kappa shape index (κ3) is 1.65. The van der Waals surface area contributed by atoms with Gasteiger partial charge < -0.3 is 10.6 Å². The van der Waals surface area contributed by atoms with Crippen LogP contribution in [0.15, 0.2) is 18.3 Å². The molecular formula is C10H15N3. The number of nitrogens with two attached hydrogens (primary N) is 1. The third-order valence-corrected chi connectivity index (χ3v) is 2.69. The summed E-state index contributed by atoms with van der Waals surface area (Å²) in [6.45, 7) is 5.68. The number of hydrogen-bond acceptors (Lipinski definition) is 3. The molecule has 0 amide bonds. The minimum Gasteiger partial charge on any atom is -0.384 e. The Labute approximate surface area is 78.6 Å². The van der Waals surface area contributed by atoms with Crippen LogP contribution in [-0.4, -0.2) is 29.5 Å². The number of nitrogens with zero attached hydrogens (tertiary/aromatic N) is 2. The summed E-state index contributed by atoms with van der Waals surface area (Å²) in [5, 5.41) is 0. The molecule has 1 saturated heterocycles. The highest BCUT2D eigenvalue weighted by Crippen LogP contribution is 2.25. The van der Waals surface area contributed by atoms with Crippen molar-refractivity contribution in [3.63, 3.8) is 0 Å². The summed E-state index contributed by atoms with van der Waals surface area (Å²) >= 11 is 0. The average Bonchev–Trinajstić information content (AvgIpc) is 2.06. The molecule has 3 nitrogen and oxygen atoms in total. The summed E-state index contributed by atoms with van der Waals surface area (Å²) in [4.78, 5) is 6.51. The van der Waals surface area contributed by atoms with Crippen LogP contribution in [0.5, 0.6) is 0 Å². The van der Waals surface area contributed by atoms with Crippen LogP contribution in [-0.2, 0) is 0 Å². The second-order valence-corrected chi connectivity index (χ2v) is 3.57. The molecule has 0 atom stereocenters. The fraction of sp³-hybridized carbons (Fsp3) is 0.500. The zero-order valence-corrected chi connectivity index (χ0v) is 7.90. The van der Waals surface area contributed by atoms with Gasteiger partial charge in [0.25, 0.3) is 0 Å². The lowest BCUT2D eigenvalue weighted by Gasteiger charge is -2.38. The minimum absolute atomic E-state index is 0.607. The van der Waals surface area contributed by atoms with Crippen molar-refractivity contribution in [2.45, 2.75) is 12.8 Å². The van der Waals surface area contributed by atoms with Crippen LogP contribution in [0.4, 0.5) is 5.82 Å². The lowest BCUT2D eigenvalue weighted by atomic mass is 9.93. The largest absolute Gasteiger partial charge is 0.384 e. The van der Waals surface area contributed by atoms with Crippen molar-refractivity contribution < 1.29 is 0 Å². The lowest BCUT2D eigenvalue weighted by molar-refractivity contribution is 0.157. The van der Waals surface area contributed by atoms with Gasteiger partial charge in [0.2, 0.25) is 0 Å². The first-order valence-corrected chi connectivity index (χ1v) is 4.73. The highest BCUT2D eigenvalue weighted by molar-refractivity contribution is 5.31. The van der Waals surface area contributed by atoms with Crippen LogP contribution in [0.3, 0.4) is 0 Å². The molecule has 0 aromatic carbocycles. The van der Waals surface area contributed by atoms with Crippen molar-refractivity contribution in [3.05, 3.63) is 23.9 Å². The number of likely N-dealkylation sites (N-methyl/N-ethyl adjacent to an activating group) is 1. The Morgan fingerprint density at radius 1 is 1.54 bits per heavy atom. The van der Waals surface area contributed by atoms with Crippen LogP contribution in [0.25, 0.3) is 0 Å². The van der Waals surface area contributed by atoms with Gasteiger partial charge in [-0.3, -0.25) is 0 Å². The number of pyridine rings is 1. The zero-order valence-electron chi connectivity index (χ0n) is 7.90. The molecule has 0 saturated carbocycles. The van der Waals surface area contributed by atoms with Crippen LogP contribution >= 0.6 is 0 Å². The highest BCUT2D eigenvalue weighted by Gasteiger charge is 2.26. The summed E-state index contributed by atoms with van der Waals surface area (Å²) in [7, 11) is 0. The van der Waals surface area contributed by atoms with E-state index in [0.717, 1.165) is 6.54 Å². The van der Waals surface area contributed by atoms with Crippen LogP contribution in [0, 0.1) is 0 Å². The number of likely N-dealkylation sites (tertiary alicyclic amines) is 1. The van der Waals surface area contributed by atoms with Crippen molar-refractivity contribution in [2.24, 2.45) is 0 Å². The quantitative estimate of drug-likeness (QED) is 0.735. The Balaban J connectivity index is 1.99. The SMILES string of the molecule is CCN1CC(c2ccc(N)nc2)C1. The van der Waals surface area contributed by atoms with Gasteiger partial charge in [-0.05, 0) is 18.2 Å². The highest BCUT2D eigenvalue weighted by atomic mass is 15.2. The topological polar surface area (TPSA) is 42.1 Å². The molecule has 1 aliphatic heterocycles. The smallest absolute Gasteiger partial charge is 0.123 e. The molecule has 1 aliphatic rings. The van der Waals surface area contributed by atoms with Gasteiger partial charge in [0.15, 0.2) is 0 Å². The number of nitrogen functional groups attached to an aromatic ring is 1. The van der Waals surface area contributed by atoms with Gasteiger partial charge in [-0.25, -0.2) is 4.98 Å². The summed E-state index contributed by atoms with van der Waals surface area (Å²) in [6, 6.07) is 3.96. The number of hydrogen-bond donors (Lipinski definition) is 1. The normalized spacial score (nSPS) is 18.5. The van der Waals surface area contributed by atoms with E-state index in [9.17, 15) is 0 Å². The van der Waals surface area contributed by atoms with Gasteiger partial charge in [0, 0.05) is 25.2 Å². The maximum Gasteiger partial charge on any atom is 0.123 e. The lowest BCUT2D eigenvalue weighted by Crippen LogP contribution is -2.44. The van der Waals surface area contributed by atoms with Crippen LogP contribution in [0.2, 0.25) is 0 Å². The van der Waals surface area contributed by atoms with Crippen molar-refractivity contribution in [1.82, 2.24) is 9.88 Å². The van der Waals surface area contributed by atoms with Crippen molar-refractivity contribution in [1.29, 1.82) is 0 Å². The molecule has 0 unspecified atom stereocenters. The van der Waals surface area contributed by atoms with E-state index in [2.05, 4.69) is 22.9 Å². The fourth-order valence-corrected chi connectivity index (χ4v) is 1.70. The van der Waals surface area contributed by atoms with E-state index in [1.54, 1.807) is 0 Å². The van der Waals surface area contributed by atoms with Crippen molar-refractivity contribution in [3.8, 4) is 0 Å². The first-order chi connectivity index (χ1) is 6.29. The van der Waals surface area contributed by atoms with E-state index in [-0.39, 0.29) is 0 Å². The van der Waals surface area contributed by atoms with Gasteiger partial charge in [-0.2, -0.15) is 0 Å². The Bertz CT molecular complexity index is 275. The molecule has 13 heavy (non-hydrogen) atoms. The van der Waals surface area contributed by atoms with Gasteiger partial charge in [0.1, 0.15) is 5.82 Å². The van der Waals surface area contributed by atoms with E-state index in [4.69, 9.17) is 5.73 Å². The Hall–Kier alpha value is -1.09. The maximum atomic E-state index is 5.52. The van der Waals surface area contributed by atoms with Gasteiger partial charge in [-0.15, -0.1) is 0 Å². The second kappa shape index (κ2) is 3.34. The average molecular weight is 177 g/mol. The van der Waals surface area contributed by atoms with E-state index in [1.165, 1.54) is 18.7 Å². The first-order valence-electron chi connectivity index (χ1n) is 4.73. The number of anilines is 1. The summed E-state index contributed by atoms with van der Waals surface area (Å²) in [5.74, 6) is 1.28. The predicted molar refractivity (Wildman–Crippen MR) is 53.5 cm³/mol. The van der Waals surface area contributed by atoms with E-state index in [1.807, 2.05) is 12.3 Å². The van der Waals surface area contributed by atoms with Crippen molar-refractivity contribution in [2.75, 3.05) is 25.4 Å².